The predicted octanol–water partition coefficient (Wildman–Crippen LogP) is 4.72. The lowest BCUT2D eigenvalue weighted by atomic mass is 9.70. The first-order valence-electron chi connectivity index (χ1n) is 10.8. The number of carbonyl (C=O) groups excluding carboxylic acids is 1. The van der Waals surface area contributed by atoms with Gasteiger partial charge < -0.3 is 9.80 Å². The van der Waals surface area contributed by atoms with Crippen LogP contribution < -0.4 is 0 Å². The first kappa shape index (κ1) is 20.6. The zero-order valence-electron chi connectivity index (χ0n) is 17.4. The molecule has 3 nitrogen and oxygen atoms in total. The maximum atomic E-state index is 14.1. The van der Waals surface area contributed by atoms with Gasteiger partial charge in [-0.25, -0.2) is 0 Å². The van der Waals surface area contributed by atoms with Crippen molar-refractivity contribution in [1.82, 2.24) is 9.80 Å². The molecule has 3 heteroatoms. The third-order valence-electron chi connectivity index (χ3n) is 6.24. The van der Waals surface area contributed by atoms with E-state index in [0.717, 1.165) is 63.1 Å². The van der Waals surface area contributed by atoms with Crippen molar-refractivity contribution in [2.24, 2.45) is 0 Å². The number of hydrogen-bond donors (Lipinski definition) is 0. The highest BCUT2D eigenvalue weighted by Gasteiger charge is 2.44. The highest BCUT2D eigenvalue weighted by molar-refractivity contribution is 5.92. The lowest BCUT2D eigenvalue weighted by Crippen LogP contribution is -2.50. The summed E-state index contributed by atoms with van der Waals surface area (Å²) in [7, 11) is 0. The molecule has 2 aromatic carbocycles. The quantitative estimate of drug-likeness (QED) is 0.664. The molecule has 3 rings (SSSR count). The van der Waals surface area contributed by atoms with Gasteiger partial charge in [-0.15, -0.1) is 0 Å². The summed E-state index contributed by atoms with van der Waals surface area (Å²) in [6.45, 7) is 9.08. The second-order valence-electron chi connectivity index (χ2n) is 7.77. The van der Waals surface area contributed by atoms with E-state index in [-0.39, 0.29) is 5.91 Å². The van der Waals surface area contributed by atoms with Gasteiger partial charge in [0.15, 0.2) is 0 Å². The average molecular weight is 379 g/mol. The van der Waals surface area contributed by atoms with Gasteiger partial charge in [0.25, 0.3) is 0 Å². The van der Waals surface area contributed by atoms with E-state index in [4.69, 9.17) is 0 Å². The van der Waals surface area contributed by atoms with Crippen molar-refractivity contribution >= 4 is 5.91 Å². The minimum absolute atomic E-state index is 0.275. The largest absolute Gasteiger partial charge is 0.342 e. The van der Waals surface area contributed by atoms with Crippen LogP contribution in [-0.2, 0) is 10.2 Å². The van der Waals surface area contributed by atoms with Gasteiger partial charge in [0.2, 0.25) is 5.91 Å². The van der Waals surface area contributed by atoms with Gasteiger partial charge in [-0.05, 0) is 56.4 Å². The monoisotopic (exact) mass is 378 g/mol. The van der Waals surface area contributed by atoms with Crippen molar-refractivity contribution in [1.29, 1.82) is 0 Å². The number of carbonyl (C=O) groups is 1. The third kappa shape index (κ3) is 4.30. The number of amides is 1. The van der Waals surface area contributed by atoms with Crippen LogP contribution in [0.5, 0.6) is 0 Å². The number of rotatable bonds is 8. The SMILES string of the molecule is CCN(CC)CCC(C(=O)N1CCCCC1)(c1ccccc1)c1ccccc1. The molecule has 0 N–H and O–H groups in total. The van der Waals surface area contributed by atoms with Crippen LogP contribution in [0.1, 0.15) is 50.7 Å². The van der Waals surface area contributed by atoms with E-state index in [1.807, 2.05) is 12.1 Å². The van der Waals surface area contributed by atoms with Crippen molar-refractivity contribution in [2.45, 2.75) is 44.9 Å². The summed E-state index contributed by atoms with van der Waals surface area (Å²) in [5.41, 5.74) is 1.61. The lowest BCUT2D eigenvalue weighted by molar-refractivity contribution is -0.137. The lowest BCUT2D eigenvalue weighted by Gasteiger charge is -2.40. The van der Waals surface area contributed by atoms with Crippen molar-refractivity contribution < 1.29 is 4.79 Å². The maximum absolute atomic E-state index is 14.1. The molecule has 0 spiro atoms. The van der Waals surface area contributed by atoms with Gasteiger partial charge in [0.1, 0.15) is 5.41 Å². The Bertz CT molecular complexity index is 679. The van der Waals surface area contributed by atoms with Gasteiger partial charge >= 0.3 is 0 Å². The molecule has 0 unspecified atom stereocenters. The Hall–Kier alpha value is -2.13. The summed E-state index contributed by atoms with van der Waals surface area (Å²) >= 11 is 0. The zero-order chi connectivity index (χ0) is 19.8. The smallest absolute Gasteiger partial charge is 0.237 e. The number of piperidine rings is 1. The first-order valence-corrected chi connectivity index (χ1v) is 10.8. The van der Waals surface area contributed by atoms with Crippen LogP contribution in [-0.4, -0.2) is 48.4 Å². The van der Waals surface area contributed by atoms with E-state index >= 15 is 0 Å². The Kier molecular flexibility index (Phi) is 7.27. The molecule has 28 heavy (non-hydrogen) atoms. The van der Waals surface area contributed by atoms with E-state index in [1.54, 1.807) is 0 Å². The van der Waals surface area contributed by atoms with Gasteiger partial charge in [-0.1, -0.05) is 74.5 Å². The number of hydrogen-bond acceptors (Lipinski definition) is 2. The number of nitrogens with zero attached hydrogens (tertiary/aromatic N) is 2. The van der Waals surface area contributed by atoms with Crippen molar-refractivity contribution in [3.8, 4) is 0 Å². The summed E-state index contributed by atoms with van der Waals surface area (Å²) in [5, 5.41) is 0. The molecule has 0 bridgehead atoms. The molecule has 0 aliphatic carbocycles. The van der Waals surface area contributed by atoms with E-state index in [2.05, 4.69) is 72.2 Å². The molecule has 0 saturated carbocycles. The molecule has 1 aliphatic heterocycles. The molecule has 2 aromatic rings. The summed E-state index contributed by atoms with van der Waals surface area (Å²) < 4.78 is 0. The normalized spacial score (nSPS) is 15.0. The van der Waals surface area contributed by atoms with Crippen LogP contribution in [0.3, 0.4) is 0 Å². The standard InChI is InChI=1S/C25H34N2O/c1-3-26(4-2)21-18-25(22-14-8-5-9-15-22,23-16-10-6-11-17-23)24(28)27-19-12-7-13-20-27/h5-6,8-11,14-17H,3-4,7,12-13,18-21H2,1-2H3. The molecule has 1 fully saturated rings. The molecule has 1 amide bonds. The van der Waals surface area contributed by atoms with Crippen LogP contribution in [0.4, 0.5) is 0 Å². The fourth-order valence-electron chi connectivity index (χ4n) is 4.49. The summed E-state index contributed by atoms with van der Waals surface area (Å²) in [4.78, 5) is 18.7. The number of likely N-dealkylation sites (tertiary alicyclic amines) is 1. The van der Waals surface area contributed by atoms with E-state index in [1.165, 1.54) is 6.42 Å². The van der Waals surface area contributed by atoms with E-state index in [9.17, 15) is 4.79 Å². The summed E-state index contributed by atoms with van der Waals surface area (Å²) in [5.74, 6) is 0.275. The first-order chi connectivity index (χ1) is 13.7. The van der Waals surface area contributed by atoms with Gasteiger partial charge in [0, 0.05) is 13.1 Å². The Morgan fingerprint density at radius 1 is 0.857 bits per heavy atom. The molecule has 0 atom stereocenters. The fourth-order valence-corrected chi connectivity index (χ4v) is 4.49. The summed E-state index contributed by atoms with van der Waals surface area (Å²) in [6.07, 6.45) is 4.26. The number of benzene rings is 2. The van der Waals surface area contributed by atoms with Crippen LogP contribution in [0.15, 0.2) is 60.7 Å². The molecular weight excluding hydrogens is 344 g/mol. The van der Waals surface area contributed by atoms with Crippen molar-refractivity contribution in [2.75, 3.05) is 32.7 Å². The van der Waals surface area contributed by atoms with E-state index in [0.29, 0.717) is 0 Å². The fraction of sp³-hybridized carbons (Fsp3) is 0.480. The van der Waals surface area contributed by atoms with E-state index < -0.39 is 5.41 Å². The topological polar surface area (TPSA) is 23.6 Å². The molecule has 150 valence electrons. The van der Waals surface area contributed by atoms with Gasteiger partial charge in [-0.2, -0.15) is 0 Å². The molecule has 0 radical (unpaired) electrons. The molecular formula is C25H34N2O. The molecule has 0 aromatic heterocycles. The Morgan fingerprint density at radius 2 is 1.36 bits per heavy atom. The van der Waals surface area contributed by atoms with Gasteiger partial charge in [0.05, 0.1) is 0 Å². The molecule has 1 aliphatic rings. The Labute approximate surface area is 170 Å². The molecule has 1 saturated heterocycles. The van der Waals surface area contributed by atoms with Crippen molar-refractivity contribution in [3.63, 3.8) is 0 Å². The highest BCUT2D eigenvalue weighted by atomic mass is 16.2. The van der Waals surface area contributed by atoms with Crippen LogP contribution in [0, 0.1) is 0 Å². The second kappa shape index (κ2) is 9.88. The average Bonchev–Trinajstić information content (AvgIpc) is 2.78. The third-order valence-corrected chi connectivity index (χ3v) is 6.24. The zero-order valence-corrected chi connectivity index (χ0v) is 17.4. The predicted molar refractivity (Wildman–Crippen MR) is 117 cm³/mol. The Morgan fingerprint density at radius 3 is 1.82 bits per heavy atom. The van der Waals surface area contributed by atoms with Gasteiger partial charge in [-0.3, -0.25) is 4.79 Å². The summed E-state index contributed by atoms with van der Waals surface area (Å²) in [6, 6.07) is 20.9. The Balaban J connectivity index is 2.09. The van der Waals surface area contributed by atoms with Crippen molar-refractivity contribution in [3.05, 3.63) is 71.8 Å². The highest BCUT2D eigenvalue weighted by Crippen LogP contribution is 2.38. The van der Waals surface area contributed by atoms with Crippen LogP contribution >= 0.6 is 0 Å². The minimum Gasteiger partial charge on any atom is -0.342 e. The van der Waals surface area contributed by atoms with Crippen LogP contribution in [0.25, 0.3) is 0 Å². The second-order valence-corrected chi connectivity index (χ2v) is 7.77. The van der Waals surface area contributed by atoms with Crippen LogP contribution in [0.2, 0.25) is 0 Å². The minimum atomic E-state index is -0.623. The maximum Gasteiger partial charge on any atom is 0.237 e. The molecule has 1 heterocycles.